The van der Waals surface area contributed by atoms with Gasteiger partial charge in [-0.15, -0.1) is 0 Å². The quantitative estimate of drug-likeness (QED) is 0.339. The zero-order valence-corrected chi connectivity index (χ0v) is 3.83. The third-order valence-electron chi connectivity index (χ3n) is 0.623. The Balaban J connectivity index is 2.67. The zero-order valence-electron chi connectivity index (χ0n) is 3.83. The SMILES string of the molecule is O=C1[B]OOC=C1O. The molecule has 0 saturated heterocycles. The number of allylic oxidation sites excluding steroid dienone is 1. The number of aliphatic hydroxyl groups excluding tert-OH is 1. The lowest BCUT2D eigenvalue weighted by Crippen LogP contribution is -2.19. The van der Waals surface area contributed by atoms with Crippen molar-refractivity contribution in [3.05, 3.63) is 12.0 Å². The predicted octanol–water partition coefficient (Wildman–Crippen LogP) is -0.507. The van der Waals surface area contributed by atoms with Gasteiger partial charge in [-0.25, -0.2) is 0 Å². The van der Waals surface area contributed by atoms with E-state index in [1.807, 2.05) is 0 Å². The Morgan fingerprint density at radius 2 is 2.50 bits per heavy atom. The fourth-order valence-electron chi connectivity index (χ4n) is 0.263. The summed E-state index contributed by atoms with van der Waals surface area (Å²) >= 11 is 0. The van der Waals surface area contributed by atoms with E-state index in [0.717, 1.165) is 13.7 Å². The van der Waals surface area contributed by atoms with Crippen LogP contribution in [0.2, 0.25) is 0 Å². The van der Waals surface area contributed by atoms with E-state index in [2.05, 4.69) is 9.69 Å². The minimum atomic E-state index is -0.587. The number of carbonyl (C=O) groups is 1. The van der Waals surface area contributed by atoms with Gasteiger partial charge in [0.25, 0.3) is 0 Å². The van der Waals surface area contributed by atoms with Gasteiger partial charge in [-0.1, -0.05) is 0 Å². The first-order valence-corrected chi connectivity index (χ1v) is 1.89. The van der Waals surface area contributed by atoms with Crippen LogP contribution in [0.25, 0.3) is 0 Å². The van der Waals surface area contributed by atoms with Crippen LogP contribution in [-0.2, 0) is 14.5 Å². The smallest absolute Gasteiger partial charge is 0.453 e. The van der Waals surface area contributed by atoms with Crippen LogP contribution in [0.5, 0.6) is 0 Å². The molecule has 0 aromatic carbocycles. The zero-order chi connectivity index (χ0) is 5.98. The Bertz CT molecular complexity index is 140. The van der Waals surface area contributed by atoms with E-state index in [1.165, 1.54) is 0 Å². The van der Waals surface area contributed by atoms with E-state index < -0.39 is 11.4 Å². The molecule has 5 heteroatoms. The van der Waals surface area contributed by atoms with E-state index in [1.54, 1.807) is 0 Å². The standard InChI is InChI=1S/C3H2BO4/c5-2-1-7-8-4-3(2)6/h1,5H. The summed E-state index contributed by atoms with van der Waals surface area (Å²) in [5.74, 6) is -0.448. The van der Waals surface area contributed by atoms with Crippen molar-refractivity contribution in [3.8, 4) is 0 Å². The van der Waals surface area contributed by atoms with Crippen LogP contribution in [0.1, 0.15) is 0 Å². The molecule has 0 bridgehead atoms. The summed E-state index contributed by atoms with van der Waals surface area (Å²) in [4.78, 5) is 18.3. The van der Waals surface area contributed by atoms with Crippen LogP contribution < -0.4 is 0 Å². The lowest BCUT2D eigenvalue weighted by molar-refractivity contribution is -0.163. The molecule has 0 fully saturated rings. The van der Waals surface area contributed by atoms with Gasteiger partial charge in [0, 0.05) is 0 Å². The maximum atomic E-state index is 10.2. The highest BCUT2D eigenvalue weighted by Gasteiger charge is 2.17. The van der Waals surface area contributed by atoms with E-state index >= 15 is 0 Å². The molecule has 8 heavy (non-hydrogen) atoms. The molecule has 0 amide bonds. The molecule has 1 rings (SSSR count). The lowest BCUT2D eigenvalue weighted by Gasteiger charge is -2.03. The molecule has 1 heterocycles. The van der Waals surface area contributed by atoms with E-state index in [-0.39, 0.29) is 0 Å². The Hall–Kier alpha value is -0.965. The fourth-order valence-corrected chi connectivity index (χ4v) is 0.263. The third kappa shape index (κ3) is 0.814. The highest BCUT2D eigenvalue weighted by Crippen LogP contribution is 1.97. The second kappa shape index (κ2) is 1.87. The van der Waals surface area contributed by atoms with Crippen LogP contribution in [0.15, 0.2) is 12.0 Å². The van der Waals surface area contributed by atoms with Crippen LogP contribution in [0.3, 0.4) is 0 Å². The summed E-state index contributed by atoms with van der Waals surface area (Å²) in [6.07, 6.45) is 0.822. The Labute approximate surface area is 45.9 Å². The summed E-state index contributed by atoms with van der Waals surface area (Å²) < 4.78 is 0. The molecule has 4 nitrogen and oxygen atoms in total. The van der Waals surface area contributed by atoms with Crippen molar-refractivity contribution in [3.63, 3.8) is 0 Å². The predicted molar refractivity (Wildman–Crippen MR) is 23.6 cm³/mol. The van der Waals surface area contributed by atoms with Gasteiger partial charge in [0.05, 0.1) is 0 Å². The van der Waals surface area contributed by atoms with E-state index in [4.69, 9.17) is 5.11 Å². The van der Waals surface area contributed by atoms with E-state index in [9.17, 15) is 4.79 Å². The molecule has 0 atom stereocenters. The van der Waals surface area contributed by atoms with Gasteiger partial charge >= 0.3 is 7.48 Å². The molecule has 1 radical (unpaired) electrons. The summed E-state index contributed by atoms with van der Waals surface area (Å²) in [6, 6.07) is 0. The highest BCUT2D eigenvalue weighted by atomic mass is 17.2. The number of aliphatic hydroxyl groups is 1. The van der Waals surface area contributed by atoms with Crippen LogP contribution >= 0.6 is 0 Å². The third-order valence-corrected chi connectivity index (χ3v) is 0.623. The molecule has 41 valence electrons. The lowest BCUT2D eigenvalue weighted by atomic mass is 9.92. The van der Waals surface area contributed by atoms with Gasteiger partial charge in [-0.05, 0) is 0 Å². The van der Waals surface area contributed by atoms with Crippen molar-refractivity contribution in [2.75, 3.05) is 0 Å². The number of rotatable bonds is 0. The first-order chi connectivity index (χ1) is 3.80. The van der Waals surface area contributed by atoms with Gasteiger partial charge in [-0.2, -0.15) is 0 Å². The van der Waals surface area contributed by atoms with E-state index in [0.29, 0.717) is 0 Å². The molecule has 1 aliphatic heterocycles. The second-order valence-electron chi connectivity index (χ2n) is 1.18. The Morgan fingerprint density at radius 3 is 2.88 bits per heavy atom. The maximum Gasteiger partial charge on any atom is 0.453 e. The molecule has 0 aromatic rings. The molecular formula is C3H2BO4. The summed E-state index contributed by atoms with van der Waals surface area (Å²) in [7, 11) is 0.773. The molecule has 0 saturated carbocycles. The van der Waals surface area contributed by atoms with Gasteiger partial charge in [0.15, 0.2) is 17.7 Å². The molecule has 0 spiro atoms. The van der Waals surface area contributed by atoms with Crippen molar-refractivity contribution in [2.24, 2.45) is 0 Å². The van der Waals surface area contributed by atoms with Crippen molar-refractivity contribution >= 4 is 13.2 Å². The van der Waals surface area contributed by atoms with Crippen molar-refractivity contribution < 1.29 is 19.6 Å². The monoisotopic (exact) mass is 113 g/mol. The van der Waals surface area contributed by atoms with Gasteiger partial charge < -0.3 is 9.99 Å². The molecule has 0 aliphatic carbocycles. The molecule has 1 N–H and O–H groups in total. The Morgan fingerprint density at radius 1 is 1.75 bits per heavy atom. The fraction of sp³-hybridized carbons (Fsp3) is 0. The largest absolute Gasteiger partial charge is 0.503 e. The highest BCUT2D eigenvalue weighted by molar-refractivity contribution is 6.72. The van der Waals surface area contributed by atoms with Gasteiger partial charge in [0.1, 0.15) is 0 Å². The average Bonchev–Trinajstić information content (AvgIpc) is 1.77. The first-order valence-electron chi connectivity index (χ1n) is 1.89. The normalized spacial score (nSPS) is 18.5. The average molecular weight is 113 g/mol. The summed E-state index contributed by atoms with van der Waals surface area (Å²) in [6.45, 7) is 0. The Kier molecular flexibility index (Phi) is 1.21. The minimum Gasteiger partial charge on any atom is -0.503 e. The first kappa shape index (κ1) is 5.18. The van der Waals surface area contributed by atoms with Crippen LogP contribution in [0, 0.1) is 0 Å². The van der Waals surface area contributed by atoms with Crippen molar-refractivity contribution in [2.45, 2.75) is 0 Å². The van der Waals surface area contributed by atoms with Crippen molar-refractivity contribution in [1.29, 1.82) is 0 Å². The number of hydrogen-bond donors (Lipinski definition) is 1. The minimum absolute atomic E-state index is 0.448. The molecular weight excluding hydrogens is 111 g/mol. The summed E-state index contributed by atoms with van der Waals surface area (Å²) in [5.41, 5.74) is -0.587. The maximum absolute atomic E-state index is 10.2. The molecule has 0 unspecified atom stereocenters. The number of carbonyl (C=O) groups excluding carboxylic acids is 1. The topological polar surface area (TPSA) is 55.8 Å². The van der Waals surface area contributed by atoms with Gasteiger partial charge in [-0.3, -0.25) is 9.60 Å². The summed E-state index contributed by atoms with van der Waals surface area (Å²) in [5, 5.41) is 8.45. The molecule has 1 aliphatic rings. The van der Waals surface area contributed by atoms with Gasteiger partial charge in [0.2, 0.25) is 0 Å². The second-order valence-corrected chi connectivity index (χ2v) is 1.18. The van der Waals surface area contributed by atoms with Crippen LogP contribution in [-0.4, -0.2) is 18.3 Å². The molecule has 0 aromatic heterocycles. The van der Waals surface area contributed by atoms with Crippen LogP contribution in [0.4, 0.5) is 0 Å². The number of hydrogen-bond acceptors (Lipinski definition) is 4. The van der Waals surface area contributed by atoms with Crippen molar-refractivity contribution in [1.82, 2.24) is 0 Å².